The van der Waals surface area contributed by atoms with Gasteiger partial charge in [0.15, 0.2) is 0 Å². The van der Waals surface area contributed by atoms with E-state index in [1.54, 1.807) is 55.6 Å². The summed E-state index contributed by atoms with van der Waals surface area (Å²) in [4.78, 5) is 26.8. The van der Waals surface area contributed by atoms with Crippen LogP contribution in [0.5, 0.6) is 0 Å². The monoisotopic (exact) mass is 553 g/mol. The Balaban J connectivity index is 2.39. The molecule has 0 saturated carbocycles. The highest BCUT2D eigenvalue weighted by Gasteiger charge is 2.63. The number of hydrogen-bond donors (Lipinski definition) is 2. The number of alkyl halides is 3. The molecule has 0 aliphatic carbocycles. The van der Waals surface area contributed by atoms with E-state index in [1.807, 2.05) is 0 Å². The number of rotatable bonds is 8. The van der Waals surface area contributed by atoms with E-state index in [4.69, 9.17) is 0 Å². The lowest BCUT2D eigenvalue weighted by Crippen LogP contribution is -2.72. The van der Waals surface area contributed by atoms with Gasteiger partial charge in [-0.2, -0.15) is 13.2 Å². The van der Waals surface area contributed by atoms with Crippen molar-refractivity contribution in [3.63, 3.8) is 0 Å². The summed E-state index contributed by atoms with van der Waals surface area (Å²) >= 11 is 0. The zero-order valence-electron chi connectivity index (χ0n) is 21.3. The quantitative estimate of drug-likeness (QED) is 0.489. The van der Waals surface area contributed by atoms with Crippen molar-refractivity contribution in [2.24, 2.45) is 5.92 Å². The van der Waals surface area contributed by atoms with E-state index in [2.05, 4.69) is 0 Å². The van der Waals surface area contributed by atoms with Crippen molar-refractivity contribution < 1.29 is 36.3 Å². The van der Waals surface area contributed by atoms with Crippen LogP contribution in [-0.2, 0) is 26.0 Å². The van der Waals surface area contributed by atoms with Crippen LogP contribution in [0.4, 0.5) is 13.2 Å². The van der Waals surface area contributed by atoms with Gasteiger partial charge >= 0.3 is 6.18 Å². The summed E-state index contributed by atoms with van der Waals surface area (Å²) in [5.74, 6) is -2.79. The molecule has 2 aromatic rings. The van der Waals surface area contributed by atoms with Crippen LogP contribution in [0.15, 0.2) is 66.9 Å². The number of carbonyl (C=O) groups is 2. The first kappa shape index (κ1) is 29.2. The highest BCUT2D eigenvalue weighted by Crippen LogP contribution is 2.41. The Hall–Kier alpha value is -3.38. The van der Waals surface area contributed by atoms with E-state index >= 15 is 0 Å². The third-order valence-electron chi connectivity index (χ3n) is 6.22. The van der Waals surface area contributed by atoms with Crippen LogP contribution in [0.1, 0.15) is 31.9 Å². The van der Waals surface area contributed by atoms with E-state index in [0.29, 0.717) is 5.56 Å². The molecule has 2 amide bonds. The third-order valence-corrected chi connectivity index (χ3v) is 7.32. The minimum Gasteiger partial charge on any atom is -0.362 e. The molecule has 3 rings (SSSR count). The van der Waals surface area contributed by atoms with E-state index in [9.17, 15) is 36.3 Å². The van der Waals surface area contributed by atoms with E-state index in [1.165, 1.54) is 24.3 Å². The van der Waals surface area contributed by atoms with Crippen molar-refractivity contribution in [1.29, 1.82) is 0 Å². The smallest absolute Gasteiger partial charge is 0.362 e. The number of hydrogen-bond acceptors (Lipinski definition) is 5. The zero-order chi connectivity index (χ0) is 28.5. The Morgan fingerprint density at radius 3 is 2.03 bits per heavy atom. The van der Waals surface area contributed by atoms with Crippen LogP contribution < -0.4 is 5.32 Å². The minimum atomic E-state index is -5.42. The second-order valence-electron chi connectivity index (χ2n) is 9.52. The van der Waals surface area contributed by atoms with Crippen LogP contribution in [-0.4, -0.2) is 64.8 Å². The number of halogens is 3. The molecule has 3 unspecified atom stereocenters. The third kappa shape index (κ3) is 5.86. The van der Waals surface area contributed by atoms with Gasteiger partial charge in [0, 0.05) is 13.1 Å². The molecule has 0 aromatic heterocycles. The summed E-state index contributed by atoms with van der Waals surface area (Å²) < 4.78 is 70.1. The molecule has 0 radical (unpaired) electrons. The molecular formula is C26H30F3N3O5S. The van der Waals surface area contributed by atoms with Gasteiger partial charge < -0.3 is 10.4 Å². The highest BCUT2D eigenvalue weighted by molar-refractivity contribution is 7.88. The summed E-state index contributed by atoms with van der Waals surface area (Å²) in [5, 5.41) is 12.8. The normalized spacial score (nSPS) is 19.1. The van der Waals surface area contributed by atoms with Crippen LogP contribution in [0, 0.1) is 5.92 Å². The lowest BCUT2D eigenvalue weighted by Gasteiger charge is -2.49. The van der Waals surface area contributed by atoms with Crippen LogP contribution in [0.3, 0.4) is 0 Å². The molecule has 206 valence electrons. The molecule has 1 aliphatic rings. The molecule has 38 heavy (non-hydrogen) atoms. The van der Waals surface area contributed by atoms with Crippen LogP contribution >= 0.6 is 0 Å². The summed E-state index contributed by atoms with van der Waals surface area (Å²) in [7, 11) is -4.03. The van der Waals surface area contributed by atoms with Crippen LogP contribution in [0.2, 0.25) is 0 Å². The van der Waals surface area contributed by atoms with Gasteiger partial charge in [0.05, 0.1) is 18.0 Å². The van der Waals surface area contributed by atoms with Gasteiger partial charge in [0.25, 0.3) is 11.6 Å². The molecule has 2 N–H and O–H groups in total. The molecular weight excluding hydrogens is 523 g/mol. The standard InChI is InChI=1S/C26H30F3N3O5S/c1-17(2)23-24(34)32(21(16-31(23)38(4,36)37)20-13-9-6-10-14-20)22(15-19-11-7-5-8-12-19)25(35,26(27,28)29)30-18(3)33/h5-14,16-17,22-23,35H,15H2,1-4H3,(H,30,33). The van der Waals surface area contributed by atoms with Crippen molar-refractivity contribution >= 4 is 27.5 Å². The average Bonchev–Trinajstić information content (AvgIpc) is 2.81. The molecule has 8 nitrogen and oxygen atoms in total. The summed E-state index contributed by atoms with van der Waals surface area (Å²) in [6.45, 7) is 3.96. The number of aliphatic hydroxyl groups is 1. The van der Waals surface area contributed by atoms with E-state index < -0.39 is 58.2 Å². The number of nitrogens with zero attached hydrogens (tertiary/aromatic N) is 2. The van der Waals surface area contributed by atoms with E-state index in [0.717, 1.165) is 28.6 Å². The van der Waals surface area contributed by atoms with Gasteiger partial charge in [0.2, 0.25) is 15.9 Å². The lowest BCUT2D eigenvalue weighted by atomic mass is 9.89. The predicted molar refractivity (Wildman–Crippen MR) is 135 cm³/mol. The van der Waals surface area contributed by atoms with Gasteiger partial charge in [-0.25, -0.2) is 8.42 Å². The number of sulfonamides is 1. The van der Waals surface area contributed by atoms with Crippen molar-refractivity contribution in [3.05, 3.63) is 78.0 Å². The van der Waals surface area contributed by atoms with Gasteiger partial charge in [-0.3, -0.25) is 18.8 Å². The largest absolute Gasteiger partial charge is 0.438 e. The van der Waals surface area contributed by atoms with Crippen molar-refractivity contribution in [2.75, 3.05) is 6.26 Å². The molecule has 1 aliphatic heterocycles. The fourth-order valence-electron chi connectivity index (χ4n) is 4.53. The minimum absolute atomic E-state index is 0.174. The van der Waals surface area contributed by atoms with Crippen molar-refractivity contribution in [2.45, 2.75) is 51.2 Å². The molecule has 0 bridgehead atoms. The molecule has 0 saturated heterocycles. The fraction of sp³-hybridized carbons (Fsp3) is 0.385. The summed E-state index contributed by atoms with van der Waals surface area (Å²) in [6.07, 6.45) is -3.92. The molecule has 2 aromatic carbocycles. The number of amides is 2. The fourth-order valence-corrected chi connectivity index (χ4v) is 5.57. The van der Waals surface area contributed by atoms with Crippen LogP contribution in [0.25, 0.3) is 5.70 Å². The number of benzene rings is 2. The topological polar surface area (TPSA) is 107 Å². The molecule has 12 heteroatoms. The first-order chi connectivity index (χ1) is 17.6. The Morgan fingerprint density at radius 1 is 1.05 bits per heavy atom. The zero-order valence-corrected chi connectivity index (χ0v) is 22.1. The first-order valence-electron chi connectivity index (χ1n) is 11.8. The Labute approximate surface area is 219 Å². The molecule has 0 spiro atoms. The van der Waals surface area contributed by atoms with Gasteiger partial charge in [-0.05, 0) is 23.5 Å². The lowest BCUT2D eigenvalue weighted by molar-refractivity contribution is -0.287. The SMILES string of the molecule is CC(=O)NC(O)(C(Cc1ccccc1)N1C(=O)C(C(C)C)N(S(C)(=O)=O)C=C1c1ccccc1)C(F)(F)F. The molecule has 0 fully saturated rings. The second-order valence-corrected chi connectivity index (χ2v) is 11.4. The first-order valence-corrected chi connectivity index (χ1v) is 13.6. The maximum absolute atomic E-state index is 14.6. The maximum Gasteiger partial charge on any atom is 0.438 e. The Bertz CT molecular complexity index is 1300. The molecule has 3 atom stereocenters. The number of nitrogens with one attached hydrogen (secondary N) is 1. The number of carbonyl (C=O) groups excluding carboxylic acids is 2. The Kier molecular flexibility index (Phi) is 8.27. The summed E-state index contributed by atoms with van der Waals surface area (Å²) in [6, 6.07) is 12.2. The van der Waals surface area contributed by atoms with Crippen molar-refractivity contribution in [3.8, 4) is 0 Å². The molecule has 1 heterocycles. The van der Waals surface area contributed by atoms with Gasteiger partial charge in [-0.15, -0.1) is 0 Å². The van der Waals surface area contributed by atoms with Crippen molar-refractivity contribution in [1.82, 2.24) is 14.5 Å². The summed E-state index contributed by atoms with van der Waals surface area (Å²) in [5.41, 5.74) is -3.47. The predicted octanol–water partition coefficient (Wildman–Crippen LogP) is 3.11. The van der Waals surface area contributed by atoms with Gasteiger partial charge in [-0.1, -0.05) is 74.5 Å². The maximum atomic E-state index is 14.6. The highest BCUT2D eigenvalue weighted by atomic mass is 32.2. The average molecular weight is 554 g/mol. The second kappa shape index (κ2) is 10.8. The Morgan fingerprint density at radius 2 is 1.58 bits per heavy atom. The van der Waals surface area contributed by atoms with E-state index in [-0.39, 0.29) is 11.3 Å². The van der Waals surface area contributed by atoms with Gasteiger partial charge in [0.1, 0.15) is 6.04 Å².